The van der Waals surface area contributed by atoms with Gasteiger partial charge >= 0.3 is 5.97 Å². The van der Waals surface area contributed by atoms with Crippen molar-refractivity contribution in [1.82, 2.24) is 5.43 Å². The summed E-state index contributed by atoms with van der Waals surface area (Å²) in [7, 11) is 0. The molecule has 0 amide bonds. The van der Waals surface area contributed by atoms with Crippen molar-refractivity contribution < 1.29 is 14.3 Å². The van der Waals surface area contributed by atoms with E-state index in [1.165, 1.54) is 0 Å². The van der Waals surface area contributed by atoms with Gasteiger partial charge in [0.2, 0.25) is 0 Å². The van der Waals surface area contributed by atoms with Crippen LogP contribution in [0.15, 0.2) is 47.6 Å². The van der Waals surface area contributed by atoms with Gasteiger partial charge in [-0.3, -0.25) is 5.43 Å². The zero-order valence-electron chi connectivity index (χ0n) is 15.2. The van der Waals surface area contributed by atoms with Gasteiger partial charge in [-0.25, -0.2) is 4.79 Å². The Balaban J connectivity index is 1.70. The highest BCUT2D eigenvalue weighted by atomic mass is 32.1. The Bertz CT molecular complexity index is 892. The van der Waals surface area contributed by atoms with E-state index in [2.05, 4.69) is 36.6 Å². The van der Waals surface area contributed by atoms with E-state index in [1.54, 1.807) is 36.5 Å². The largest absolute Gasteiger partial charge is 0.493 e. The second kappa shape index (κ2) is 7.75. The fourth-order valence-corrected chi connectivity index (χ4v) is 2.87. The predicted octanol–water partition coefficient (Wildman–Crippen LogP) is 3.13. The molecule has 1 heterocycles. The van der Waals surface area contributed by atoms with Gasteiger partial charge < -0.3 is 15.2 Å². The van der Waals surface area contributed by atoms with Gasteiger partial charge in [0.05, 0.1) is 18.4 Å². The van der Waals surface area contributed by atoms with Crippen molar-refractivity contribution in [2.24, 2.45) is 10.8 Å². The van der Waals surface area contributed by atoms with Gasteiger partial charge in [0.25, 0.3) is 0 Å². The molecule has 1 aliphatic rings. The Labute approximate surface area is 163 Å². The maximum absolute atomic E-state index is 12.5. The topological polar surface area (TPSA) is 85.9 Å². The molecule has 2 aromatic rings. The number of thiocarbonyl (C=S) groups is 1. The molecule has 0 aromatic heterocycles. The van der Waals surface area contributed by atoms with Crippen molar-refractivity contribution in [3.63, 3.8) is 0 Å². The fourth-order valence-electron chi connectivity index (χ4n) is 2.82. The van der Waals surface area contributed by atoms with Crippen LogP contribution in [0.1, 0.15) is 41.8 Å². The highest BCUT2D eigenvalue weighted by Crippen LogP contribution is 2.38. The Morgan fingerprint density at radius 3 is 2.74 bits per heavy atom. The smallest absolute Gasteiger partial charge is 0.343 e. The Hall–Kier alpha value is -2.93. The van der Waals surface area contributed by atoms with Crippen molar-refractivity contribution >= 4 is 29.5 Å². The van der Waals surface area contributed by atoms with Crippen molar-refractivity contribution in [2.45, 2.75) is 25.7 Å². The van der Waals surface area contributed by atoms with Crippen molar-refractivity contribution in [3.8, 4) is 11.5 Å². The summed E-state index contributed by atoms with van der Waals surface area (Å²) in [4.78, 5) is 12.5. The van der Waals surface area contributed by atoms with Crippen LogP contribution < -0.4 is 20.6 Å². The van der Waals surface area contributed by atoms with Crippen molar-refractivity contribution in [3.05, 3.63) is 59.2 Å². The van der Waals surface area contributed by atoms with Gasteiger partial charge in [0.1, 0.15) is 11.5 Å². The lowest BCUT2D eigenvalue weighted by atomic mass is 9.79. The quantitative estimate of drug-likeness (QED) is 0.277. The first kappa shape index (κ1) is 18.8. The molecule has 3 N–H and O–H groups in total. The second-order valence-corrected chi connectivity index (χ2v) is 7.33. The summed E-state index contributed by atoms with van der Waals surface area (Å²) < 4.78 is 11.2. The number of hydrogen-bond donors (Lipinski definition) is 2. The Morgan fingerprint density at radius 2 is 2.04 bits per heavy atom. The molecule has 0 aliphatic carbocycles. The third kappa shape index (κ3) is 4.62. The van der Waals surface area contributed by atoms with Crippen LogP contribution in [0.5, 0.6) is 11.5 Å². The number of benzene rings is 2. The summed E-state index contributed by atoms with van der Waals surface area (Å²) in [6, 6.07) is 12.4. The van der Waals surface area contributed by atoms with Gasteiger partial charge in [0.15, 0.2) is 5.11 Å². The number of carbonyl (C=O) groups is 1. The number of esters is 1. The number of fused-ring (bicyclic) bond motifs is 1. The van der Waals surface area contributed by atoms with Crippen LogP contribution >= 0.6 is 12.2 Å². The first-order valence-electron chi connectivity index (χ1n) is 8.53. The molecule has 0 bridgehead atoms. The summed E-state index contributed by atoms with van der Waals surface area (Å²) in [5.41, 5.74) is 10.1. The number of nitrogens with one attached hydrogen (secondary N) is 1. The van der Waals surface area contributed by atoms with Crippen LogP contribution in [0.2, 0.25) is 0 Å². The lowest BCUT2D eigenvalue weighted by Gasteiger charge is -2.32. The molecule has 7 heteroatoms. The highest BCUT2D eigenvalue weighted by molar-refractivity contribution is 7.80. The van der Waals surface area contributed by atoms with Crippen LogP contribution in [0.25, 0.3) is 0 Å². The number of nitrogens with two attached hydrogens (primary N) is 1. The van der Waals surface area contributed by atoms with Gasteiger partial charge in [-0.15, -0.1) is 0 Å². The normalized spacial score (nSPS) is 14.9. The number of nitrogens with zero attached hydrogens (tertiary/aromatic N) is 1. The number of hydrogen-bond acceptors (Lipinski definition) is 5. The first-order valence-corrected chi connectivity index (χ1v) is 8.94. The molecule has 0 radical (unpaired) electrons. The van der Waals surface area contributed by atoms with Crippen LogP contribution in [0.4, 0.5) is 0 Å². The van der Waals surface area contributed by atoms with Gasteiger partial charge in [-0.1, -0.05) is 13.8 Å². The average molecular weight is 383 g/mol. The van der Waals surface area contributed by atoms with Crippen molar-refractivity contribution in [2.75, 3.05) is 6.61 Å². The second-order valence-electron chi connectivity index (χ2n) is 6.89. The van der Waals surface area contributed by atoms with Crippen LogP contribution in [0, 0.1) is 0 Å². The minimum Gasteiger partial charge on any atom is -0.493 e. The molecule has 6 nitrogen and oxygen atoms in total. The van der Waals surface area contributed by atoms with Gasteiger partial charge in [-0.2, -0.15) is 5.10 Å². The minimum absolute atomic E-state index is 0.0370. The molecule has 3 rings (SSSR count). The summed E-state index contributed by atoms with van der Waals surface area (Å²) >= 11 is 4.66. The van der Waals surface area contributed by atoms with E-state index in [9.17, 15) is 4.79 Å². The zero-order chi connectivity index (χ0) is 19.4. The monoisotopic (exact) mass is 383 g/mol. The molecule has 0 saturated heterocycles. The van der Waals surface area contributed by atoms with Crippen LogP contribution in [-0.2, 0) is 5.41 Å². The first-order chi connectivity index (χ1) is 12.8. The molecule has 0 atom stereocenters. The number of carbonyl (C=O) groups excluding carboxylic acids is 1. The molecule has 27 heavy (non-hydrogen) atoms. The van der Waals surface area contributed by atoms with E-state index < -0.39 is 5.97 Å². The third-order valence-electron chi connectivity index (χ3n) is 4.41. The molecule has 140 valence electrons. The maximum atomic E-state index is 12.5. The lowest BCUT2D eigenvalue weighted by Crippen LogP contribution is -2.27. The van der Waals surface area contributed by atoms with E-state index >= 15 is 0 Å². The van der Waals surface area contributed by atoms with Crippen LogP contribution in [0.3, 0.4) is 0 Å². The standard InChI is InChI=1S/C20H21N3O3S/c1-20(2)9-10-25-17-8-5-14(11-16(17)20)18(24)26-15-6-3-13(4-7-15)12-22-23-19(21)27/h3-8,11-12H,9-10H2,1-2H3,(H3,21,23,27)/b22-12+. The van der Waals surface area contributed by atoms with Gasteiger partial charge in [-0.05, 0) is 72.1 Å². The summed E-state index contributed by atoms with van der Waals surface area (Å²) in [6.45, 7) is 4.98. The number of rotatable bonds is 4. The molecular formula is C20H21N3O3S. The summed E-state index contributed by atoms with van der Waals surface area (Å²) in [5, 5.41) is 3.97. The molecular weight excluding hydrogens is 362 g/mol. The fraction of sp³-hybridized carbons (Fsp3) is 0.250. The molecule has 2 aromatic carbocycles. The average Bonchev–Trinajstić information content (AvgIpc) is 2.62. The number of hydrazone groups is 1. The molecule has 0 spiro atoms. The number of ether oxygens (including phenoxy) is 2. The van der Waals surface area contributed by atoms with E-state index in [1.807, 2.05) is 12.1 Å². The van der Waals surface area contributed by atoms with E-state index in [0.717, 1.165) is 23.3 Å². The summed E-state index contributed by atoms with van der Waals surface area (Å²) in [5.74, 6) is 0.875. The zero-order valence-corrected chi connectivity index (χ0v) is 16.0. The predicted molar refractivity (Wildman–Crippen MR) is 108 cm³/mol. The van der Waals surface area contributed by atoms with Crippen molar-refractivity contribution in [1.29, 1.82) is 0 Å². The molecule has 1 aliphatic heterocycles. The summed E-state index contributed by atoms with van der Waals surface area (Å²) in [6.07, 6.45) is 2.47. The third-order valence-corrected chi connectivity index (χ3v) is 4.50. The minimum atomic E-state index is -0.407. The highest BCUT2D eigenvalue weighted by Gasteiger charge is 2.29. The van der Waals surface area contributed by atoms with Crippen LogP contribution in [-0.4, -0.2) is 23.9 Å². The Morgan fingerprint density at radius 1 is 1.30 bits per heavy atom. The maximum Gasteiger partial charge on any atom is 0.343 e. The molecule has 0 saturated carbocycles. The SMILES string of the molecule is CC1(C)CCOc2ccc(C(=O)Oc3ccc(/C=N/NC(N)=S)cc3)cc21. The van der Waals surface area contributed by atoms with E-state index in [4.69, 9.17) is 15.2 Å². The molecule has 0 unspecified atom stereocenters. The lowest BCUT2D eigenvalue weighted by molar-refractivity contribution is 0.0734. The van der Waals surface area contributed by atoms with E-state index in [-0.39, 0.29) is 10.5 Å². The van der Waals surface area contributed by atoms with E-state index in [0.29, 0.717) is 17.9 Å². The molecule has 0 fully saturated rings. The van der Waals surface area contributed by atoms with Gasteiger partial charge in [0, 0.05) is 5.56 Å². The Kier molecular flexibility index (Phi) is 5.41.